The first kappa shape index (κ1) is 24.3. The maximum Gasteiger partial charge on any atom is 1.00 e. The largest absolute Gasteiger partial charge is 1.00 e. The van der Waals surface area contributed by atoms with Crippen molar-refractivity contribution >= 4 is 17.0 Å². The fourth-order valence-corrected chi connectivity index (χ4v) is 3.62. The van der Waals surface area contributed by atoms with E-state index in [4.69, 9.17) is 4.74 Å². The molecule has 0 unspecified atom stereocenters. The van der Waals surface area contributed by atoms with Gasteiger partial charge in [0, 0.05) is 12.5 Å². The first-order valence-corrected chi connectivity index (χ1v) is 10.1. The van der Waals surface area contributed by atoms with E-state index < -0.39 is 5.97 Å². The molecular weight excluding hydrogens is 391 g/mol. The number of fused-ring (bicyclic) bond motifs is 1. The fourth-order valence-electron chi connectivity index (χ4n) is 3.62. The molecule has 0 radical (unpaired) electrons. The number of rotatable bonds is 11. The third-order valence-electron chi connectivity index (χ3n) is 5.19. The number of para-hydroxylation sites is 2. The Morgan fingerprint density at radius 1 is 0.900 bits per heavy atom. The van der Waals surface area contributed by atoms with Crippen LogP contribution in [0.25, 0.3) is 11.0 Å². The number of unbranched alkanes of at least 4 members (excludes halogenated alkanes) is 4. The summed E-state index contributed by atoms with van der Waals surface area (Å²) in [5.74, 6) is -0.190. The Hall–Kier alpha value is -2.02. The van der Waals surface area contributed by atoms with Crippen LogP contribution < -0.4 is 45.1 Å². The molecule has 154 valence electrons. The molecule has 0 aliphatic carbocycles. The van der Waals surface area contributed by atoms with Crippen molar-refractivity contribution in [2.24, 2.45) is 0 Å². The third-order valence-corrected chi connectivity index (χ3v) is 5.19. The molecule has 30 heavy (non-hydrogen) atoms. The Morgan fingerprint density at radius 3 is 2.13 bits per heavy atom. The first-order valence-electron chi connectivity index (χ1n) is 10.1. The van der Waals surface area contributed by atoms with Crippen molar-refractivity contribution in [1.82, 2.24) is 9.13 Å². The van der Waals surface area contributed by atoms with Gasteiger partial charge in [-0.3, -0.25) is 9.13 Å². The average Bonchev–Trinajstić information content (AvgIpc) is 2.99. The summed E-state index contributed by atoms with van der Waals surface area (Å²) in [6.07, 6.45) is 4.48. The fraction of sp³-hybridized carbons (Fsp3) is 0.391. The van der Waals surface area contributed by atoms with Crippen LogP contribution in [0, 0.1) is 0 Å². The summed E-state index contributed by atoms with van der Waals surface area (Å²) < 4.78 is 8.87. The Kier molecular flexibility index (Phi) is 9.69. The van der Waals surface area contributed by atoms with Crippen molar-refractivity contribution in [3.8, 4) is 5.75 Å². The van der Waals surface area contributed by atoms with Gasteiger partial charge in [-0.1, -0.05) is 43.5 Å². The van der Waals surface area contributed by atoms with Crippen molar-refractivity contribution in [2.45, 2.75) is 51.6 Å². The van der Waals surface area contributed by atoms with Gasteiger partial charge in [-0.05, 0) is 49.1 Å². The number of ether oxygens (including phenoxy) is 1. The summed E-state index contributed by atoms with van der Waals surface area (Å²) in [5, 5.41) is 10.4. The average molecular weight is 418 g/mol. The number of benzene rings is 2. The number of aromatic nitrogens is 2. The van der Waals surface area contributed by atoms with Crippen LogP contribution in [0.3, 0.4) is 0 Å². The molecule has 1 heterocycles. The second-order valence-corrected chi connectivity index (χ2v) is 7.25. The van der Waals surface area contributed by atoms with E-state index >= 15 is 0 Å². The quantitative estimate of drug-likeness (QED) is 0.323. The maximum absolute atomic E-state index is 13.1. The molecule has 0 fully saturated rings. The zero-order valence-corrected chi connectivity index (χ0v) is 19.8. The number of carbonyl (C=O) groups is 1. The number of imidazole rings is 1. The van der Waals surface area contributed by atoms with Crippen molar-refractivity contribution in [3.63, 3.8) is 0 Å². The summed E-state index contributed by atoms with van der Waals surface area (Å²) in [6, 6.07) is 15.6. The summed E-state index contributed by atoms with van der Waals surface area (Å²) >= 11 is 0. The van der Waals surface area contributed by atoms with Gasteiger partial charge in [-0.25, -0.2) is 4.79 Å². The minimum absolute atomic E-state index is 0. The second kappa shape index (κ2) is 12.0. The van der Waals surface area contributed by atoms with Crippen LogP contribution in [0.4, 0.5) is 0 Å². The standard InChI is InChI=1S/C23H28N2O4.Na/c1-29-19-14-12-18(13-15-19)17-25-21-10-7-6-9-20(21)24(23(25)28)16-8-4-2-3-5-11-22(26)27;/h6-7,9-10,12-15H,2-5,8,11,16-17H2,1H3,(H,26,27);/q;+1/p-1. The van der Waals surface area contributed by atoms with Crippen LogP contribution in [-0.2, 0) is 17.9 Å². The molecule has 1 aromatic heterocycles. The SMILES string of the molecule is COc1ccc(Cn2c(=O)n(CCCCCCCC(=O)[O-])c3ccccc32)cc1.[Na+]. The molecule has 0 N–H and O–H groups in total. The van der Waals surface area contributed by atoms with Crippen LogP contribution >= 0.6 is 0 Å². The van der Waals surface area contributed by atoms with Crippen LogP contribution in [0.15, 0.2) is 53.3 Å². The monoisotopic (exact) mass is 418 g/mol. The van der Waals surface area contributed by atoms with Crippen molar-refractivity contribution in [2.75, 3.05) is 7.11 Å². The molecule has 6 nitrogen and oxygen atoms in total. The van der Waals surface area contributed by atoms with Gasteiger partial charge in [0.15, 0.2) is 0 Å². The first-order chi connectivity index (χ1) is 14.1. The van der Waals surface area contributed by atoms with E-state index in [0.29, 0.717) is 19.5 Å². The maximum atomic E-state index is 13.1. The minimum Gasteiger partial charge on any atom is -0.550 e. The molecule has 7 heteroatoms. The Labute approximate surface area is 198 Å². The second-order valence-electron chi connectivity index (χ2n) is 7.25. The smallest absolute Gasteiger partial charge is 0.550 e. The zero-order chi connectivity index (χ0) is 20.6. The predicted octanol–water partition coefficient (Wildman–Crippen LogP) is -0.0456. The number of carboxylic acids is 1. The topological polar surface area (TPSA) is 76.3 Å². The molecule has 3 aromatic rings. The number of hydrogen-bond donors (Lipinski definition) is 0. The number of aliphatic carboxylic acids is 1. The molecule has 0 bridgehead atoms. The van der Waals surface area contributed by atoms with Gasteiger partial charge in [0.2, 0.25) is 0 Å². The van der Waals surface area contributed by atoms with E-state index in [1.54, 1.807) is 7.11 Å². The molecule has 3 rings (SSSR count). The Morgan fingerprint density at radius 2 is 1.50 bits per heavy atom. The van der Waals surface area contributed by atoms with E-state index in [2.05, 4.69) is 0 Å². The number of methoxy groups -OCH3 is 1. The molecule has 0 saturated heterocycles. The number of carbonyl (C=O) groups excluding carboxylic acids is 1. The van der Waals surface area contributed by atoms with E-state index in [0.717, 1.165) is 48.0 Å². The summed E-state index contributed by atoms with van der Waals surface area (Å²) in [7, 11) is 1.64. The Balaban J connectivity index is 0.00000320. The molecule has 0 aliphatic rings. The van der Waals surface area contributed by atoms with Crippen LogP contribution in [0.2, 0.25) is 0 Å². The van der Waals surface area contributed by atoms with Crippen molar-refractivity contribution in [1.29, 1.82) is 0 Å². The van der Waals surface area contributed by atoms with E-state index in [-0.39, 0.29) is 41.7 Å². The molecule has 2 aromatic carbocycles. The Bertz CT molecular complexity index is 1010. The summed E-state index contributed by atoms with van der Waals surface area (Å²) in [4.78, 5) is 23.5. The normalized spacial score (nSPS) is 10.7. The molecule has 0 aliphatic heterocycles. The van der Waals surface area contributed by atoms with Gasteiger partial charge < -0.3 is 14.6 Å². The molecule has 0 saturated carbocycles. The van der Waals surface area contributed by atoms with E-state index in [1.165, 1.54) is 0 Å². The predicted molar refractivity (Wildman–Crippen MR) is 111 cm³/mol. The van der Waals surface area contributed by atoms with E-state index in [1.807, 2.05) is 57.7 Å². The van der Waals surface area contributed by atoms with Crippen LogP contribution in [0.1, 0.15) is 44.1 Å². The molecule has 0 spiro atoms. The number of carboxylic acid groups (broad SMARTS) is 1. The zero-order valence-electron chi connectivity index (χ0n) is 17.8. The van der Waals surface area contributed by atoms with Gasteiger partial charge in [0.25, 0.3) is 0 Å². The van der Waals surface area contributed by atoms with Crippen molar-refractivity contribution in [3.05, 3.63) is 64.6 Å². The molecule has 0 atom stereocenters. The van der Waals surface area contributed by atoms with Crippen molar-refractivity contribution < 1.29 is 44.2 Å². The van der Waals surface area contributed by atoms with Gasteiger partial charge >= 0.3 is 35.2 Å². The molecule has 0 amide bonds. The number of nitrogens with zero attached hydrogens (tertiary/aromatic N) is 2. The van der Waals surface area contributed by atoms with Crippen LogP contribution in [0.5, 0.6) is 5.75 Å². The van der Waals surface area contributed by atoms with Gasteiger partial charge in [0.05, 0.1) is 24.7 Å². The van der Waals surface area contributed by atoms with Gasteiger partial charge in [0.1, 0.15) is 5.75 Å². The van der Waals surface area contributed by atoms with Gasteiger partial charge in [-0.2, -0.15) is 0 Å². The molecular formula is C23H27N2NaO4. The summed E-state index contributed by atoms with van der Waals surface area (Å²) in [5.41, 5.74) is 2.92. The van der Waals surface area contributed by atoms with Gasteiger partial charge in [-0.15, -0.1) is 0 Å². The number of aryl methyl sites for hydroxylation is 1. The number of hydrogen-bond acceptors (Lipinski definition) is 4. The minimum atomic E-state index is -0.985. The third kappa shape index (κ3) is 6.24. The van der Waals surface area contributed by atoms with E-state index in [9.17, 15) is 14.7 Å². The summed E-state index contributed by atoms with van der Waals surface area (Å²) in [6.45, 7) is 1.18. The van der Waals surface area contributed by atoms with Crippen LogP contribution in [-0.4, -0.2) is 22.2 Å².